The molecule has 0 radical (unpaired) electrons. The van der Waals surface area contributed by atoms with Crippen LogP contribution in [-0.2, 0) is 9.84 Å². The molecule has 8 heteroatoms. The molecular formula is C16H20N4O3S. The molecule has 0 saturated carbocycles. The van der Waals surface area contributed by atoms with E-state index < -0.39 is 9.84 Å². The zero-order chi connectivity index (χ0) is 17.0. The van der Waals surface area contributed by atoms with Crippen molar-refractivity contribution in [3.63, 3.8) is 0 Å². The van der Waals surface area contributed by atoms with Crippen LogP contribution in [0.3, 0.4) is 0 Å². The van der Waals surface area contributed by atoms with E-state index in [4.69, 9.17) is 0 Å². The van der Waals surface area contributed by atoms with Crippen molar-refractivity contribution in [2.24, 2.45) is 0 Å². The first-order valence-electron chi connectivity index (χ1n) is 7.86. The summed E-state index contributed by atoms with van der Waals surface area (Å²) >= 11 is 0. The molecule has 1 saturated heterocycles. The van der Waals surface area contributed by atoms with Crippen molar-refractivity contribution >= 4 is 32.6 Å². The lowest BCUT2D eigenvalue weighted by Crippen LogP contribution is -2.44. The Hall–Kier alpha value is -2.35. The molecule has 1 aromatic heterocycles. The van der Waals surface area contributed by atoms with Gasteiger partial charge in [0.2, 0.25) is 0 Å². The summed E-state index contributed by atoms with van der Waals surface area (Å²) in [4.78, 5) is 16.2. The molecule has 1 unspecified atom stereocenters. The van der Waals surface area contributed by atoms with E-state index >= 15 is 0 Å². The van der Waals surface area contributed by atoms with Crippen LogP contribution in [0.2, 0.25) is 0 Å². The molecule has 1 aliphatic heterocycles. The van der Waals surface area contributed by atoms with Gasteiger partial charge < -0.3 is 16.0 Å². The molecule has 0 aliphatic carbocycles. The zero-order valence-electron chi connectivity index (χ0n) is 13.2. The van der Waals surface area contributed by atoms with E-state index in [0.717, 1.165) is 16.7 Å². The predicted molar refractivity (Wildman–Crippen MR) is 93.8 cm³/mol. The predicted octanol–water partition coefficient (Wildman–Crippen LogP) is 1.13. The van der Waals surface area contributed by atoms with Crippen LogP contribution in [0.5, 0.6) is 0 Å². The third kappa shape index (κ3) is 4.35. The standard InChI is InChI=1S/C16H20N4O3S/c21-16(19-13-7-10-24(22,23)11-13)18-9-8-17-15-6-5-12-3-1-2-4-14(12)20-15/h1-6,13H,7-11H2,(H,17,20)(H2,18,19,21). The first-order valence-corrected chi connectivity index (χ1v) is 9.68. The van der Waals surface area contributed by atoms with Gasteiger partial charge in [0, 0.05) is 24.5 Å². The van der Waals surface area contributed by atoms with Gasteiger partial charge in [0.1, 0.15) is 5.82 Å². The molecule has 3 N–H and O–H groups in total. The van der Waals surface area contributed by atoms with Gasteiger partial charge >= 0.3 is 6.03 Å². The fourth-order valence-corrected chi connectivity index (χ4v) is 4.35. The number of hydrogen-bond acceptors (Lipinski definition) is 5. The van der Waals surface area contributed by atoms with Crippen molar-refractivity contribution in [2.75, 3.05) is 29.9 Å². The van der Waals surface area contributed by atoms with Gasteiger partial charge in [0.15, 0.2) is 9.84 Å². The highest BCUT2D eigenvalue weighted by molar-refractivity contribution is 7.91. The summed E-state index contributed by atoms with van der Waals surface area (Å²) in [6.45, 7) is 0.946. The van der Waals surface area contributed by atoms with Crippen molar-refractivity contribution in [3.05, 3.63) is 36.4 Å². The van der Waals surface area contributed by atoms with E-state index in [-0.39, 0.29) is 23.6 Å². The number of amides is 2. The second kappa shape index (κ2) is 7.04. The summed E-state index contributed by atoms with van der Waals surface area (Å²) < 4.78 is 22.7. The molecule has 128 valence electrons. The van der Waals surface area contributed by atoms with Gasteiger partial charge in [-0.15, -0.1) is 0 Å². The van der Waals surface area contributed by atoms with Gasteiger partial charge in [-0.05, 0) is 24.6 Å². The Balaban J connectivity index is 1.40. The number of sulfone groups is 1. The number of benzene rings is 1. The number of urea groups is 1. The topological polar surface area (TPSA) is 100 Å². The average Bonchev–Trinajstić information content (AvgIpc) is 2.90. The van der Waals surface area contributed by atoms with E-state index in [9.17, 15) is 13.2 Å². The fourth-order valence-electron chi connectivity index (χ4n) is 2.68. The molecule has 7 nitrogen and oxygen atoms in total. The van der Waals surface area contributed by atoms with Crippen LogP contribution in [-0.4, -0.2) is 50.1 Å². The van der Waals surface area contributed by atoms with E-state index in [1.807, 2.05) is 36.4 Å². The second-order valence-electron chi connectivity index (χ2n) is 5.82. The van der Waals surface area contributed by atoms with E-state index in [1.165, 1.54) is 0 Å². The highest BCUT2D eigenvalue weighted by Gasteiger charge is 2.28. The van der Waals surface area contributed by atoms with Crippen molar-refractivity contribution in [1.82, 2.24) is 15.6 Å². The minimum absolute atomic E-state index is 0.0275. The number of nitrogens with one attached hydrogen (secondary N) is 3. The number of fused-ring (bicyclic) bond motifs is 1. The molecule has 1 aliphatic rings. The fraction of sp³-hybridized carbons (Fsp3) is 0.375. The van der Waals surface area contributed by atoms with Gasteiger partial charge in [-0.3, -0.25) is 0 Å². The number of carbonyl (C=O) groups excluding carboxylic acids is 1. The number of nitrogens with zero attached hydrogens (tertiary/aromatic N) is 1. The first kappa shape index (κ1) is 16.5. The summed E-state index contributed by atoms with van der Waals surface area (Å²) in [6.07, 6.45) is 0.481. The van der Waals surface area contributed by atoms with Crippen molar-refractivity contribution in [2.45, 2.75) is 12.5 Å². The van der Waals surface area contributed by atoms with E-state index in [0.29, 0.717) is 19.5 Å². The smallest absolute Gasteiger partial charge is 0.315 e. The van der Waals surface area contributed by atoms with Gasteiger partial charge in [0.25, 0.3) is 0 Å². The van der Waals surface area contributed by atoms with Gasteiger partial charge in [-0.1, -0.05) is 18.2 Å². The molecule has 0 bridgehead atoms. The maximum atomic E-state index is 11.7. The second-order valence-corrected chi connectivity index (χ2v) is 8.04. The lowest BCUT2D eigenvalue weighted by Gasteiger charge is -2.12. The molecule has 2 aromatic rings. The highest BCUT2D eigenvalue weighted by atomic mass is 32.2. The average molecular weight is 348 g/mol. The molecule has 2 heterocycles. The first-order chi connectivity index (χ1) is 11.5. The Bertz CT molecular complexity index is 838. The highest BCUT2D eigenvalue weighted by Crippen LogP contribution is 2.14. The van der Waals surface area contributed by atoms with Crippen LogP contribution in [0.15, 0.2) is 36.4 Å². The molecule has 0 spiro atoms. The summed E-state index contributed by atoms with van der Waals surface area (Å²) in [5, 5.41) is 9.62. The number of hydrogen-bond donors (Lipinski definition) is 3. The van der Waals surface area contributed by atoms with Crippen molar-refractivity contribution in [3.8, 4) is 0 Å². The number of anilines is 1. The van der Waals surface area contributed by atoms with Crippen molar-refractivity contribution < 1.29 is 13.2 Å². The molecule has 2 amide bonds. The molecule has 1 atom stereocenters. The largest absolute Gasteiger partial charge is 0.368 e. The molecule has 24 heavy (non-hydrogen) atoms. The van der Waals surface area contributed by atoms with E-state index in [1.54, 1.807) is 0 Å². The van der Waals surface area contributed by atoms with Gasteiger partial charge in [-0.25, -0.2) is 18.2 Å². The lowest BCUT2D eigenvalue weighted by atomic mass is 10.2. The lowest BCUT2D eigenvalue weighted by molar-refractivity contribution is 0.238. The summed E-state index contributed by atoms with van der Waals surface area (Å²) in [7, 11) is -2.98. The molecule has 3 rings (SSSR count). The minimum atomic E-state index is -2.98. The maximum absolute atomic E-state index is 11.7. The summed E-state index contributed by atoms with van der Waals surface area (Å²) in [5.74, 6) is 0.921. The number of pyridine rings is 1. The summed E-state index contributed by atoms with van der Waals surface area (Å²) in [5.41, 5.74) is 0.913. The van der Waals surface area contributed by atoms with Gasteiger partial charge in [0.05, 0.1) is 17.0 Å². The Kier molecular flexibility index (Phi) is 4.84. The normalized spacial score (nSPS) is 19.1. The van der Waals surface area contributed by atoms with Crippen LogP contribution in [0, 0.1) is 0 Å². The number of para-hydroxylation sites is 1. The van der Waals surface area contributed by atoms with Crippen LogP contribution in [0.4, 0.5) is 10.6 Å². The van der Waals surface area contributed by atoms with Crippen LogP contribution in [0.25, 0.3) is 10.9 Å². The Morgan fingerprint density at radius 2 is 2.00 bits per heavy atom. The minimum Gasteiger partial charge on any atom is -0.368 e. The quantitative estimate of drug-likeness (QED) is 0.704. The number of rotatable bonds is 5. The van der Waals surface area contributed by atoms with Crippen molar-refractivity contribution in [1.29, 1.82) is 0 Å². The number of carbonyl (C=O) groups is 1. The third-order valence-electron chi connectivity index (χ3n) is 3.88. The molecular weight excluding hydrogens is 328 g/mol. The molecule has 1 aromatic carbocycles. The zero-order valence-corrected chi connectivity index (χ0v) is 14.0. The Morgan fingerprint density at radius 3 is 2.79 bits per heavy atom. The van der Waals surface area contributed by atoms with Gasteiger partial charge in [-0.2, -0.15) is 0 Å². The van der Waals surface area contributed by atoms with E-state index in [2.05, 4.69) is 20.9 Å². The third-order valence-corrected chi connectivity index (χ3v) is 5.65. The van der Waals surface area contributed by atoms with Crippen LogP contribution in [0.1, 0.15) is 6.42 Å². The maximum Gasteiger partial charge on any atom is 0.315 e. The molecule has 1 fully saturated rings. The number of aromatic nitrogens is 1. The Morgan fingerprint density at radius 1 is 1.17 bits per heavy atom. The Labute approximate surface area is 140 Å². The van der Waals surface area contributed by atoms with Crippen LogP contribution < -0.4 is 16.0 Å². The monoisotopic (exact) mass is 348 g/mol. The SMILES string of the molecule is O=C(NCCNc1ccc2ccccc2n1)NC1CCS(=O)(=O)C1. The van der Waals surface area contributed by atoms with Crippen LogP contribution >= 0.6 is 0 Å². The summed E-state index contributed by atoms with van der Waals surface area (Å²) in [6, 6.07) is 11.1.